The molecule has 1 atom stereocenters. The summed E-state index contributed by atoms with van der Waals surface area (Å²) in [5.41, 5.74) is 2.07. The zero-order valence-corrected chi connectivity index (χ0v) is 13.0. The summed E-state index contributed by atoms with van der Waals surface area (Å²) in [6, 6.07) is 8.13. The maximum atomic E-state index is 12.2. The maximum absolute atomic E-state index is 12.2. The van der Waals surface area contributed by atoms with E-state index in [9.17, 15) is 9.90 Å². The fourth-order valence-electron chi connectivity index (χ4n) is 2.84. The van der Waals surface area contributed by atoms with E-state index >= 15 is 0 Å². The average molecular weight is 290 g/mol. The van der Waals surface area contributed by atoms with E-state index in [4.69, 9.17) is 0 Å². The van der Waals surface area contributed by atoms with Crippen LogP contribution in [0.2, 0.25) is 0 Å². The predicted molar refractivity (Wildman–Crippen MR) is 85.5 cm³/mol. The highest BCUT2D eigenvalue weighted by atomic mass is 16.3. The van der Waals surface area contributed by atoms with Crippen molar-refractivity contribution < 1.29 is 9.90 Å². The molecule has 0 saturated carbocycles. The Bertz CT molecular complexity index is 474. The van der Waals surface area contributed by atoms with Crippen molar-refractivity contribution >= 4 is 11.6 Å². The lowest BCUT2D eigenvalue weighted by Gasteiger charge is -2.33. The van der Waals surface area contributed by atoms with E-state index in [1.807, 2.05) is 18.2 Å². The van der Waals surface area contributed by atoms with E-state index in [-0.39, 0.29) is 18.6 Å². The van der Waals surface area contributed by atoms with Crippen LogP contribution in [0.4, 0.5) is 5.69 Å². The minimum absolute atomic E-state index is 0.00347. The number of nitrogens with zero attached hydrogens (tertiary/aromatic N) is 1. The van der Waals surface area contributed by atoms with Crippen LogP contribution in [0.1, 0.15) is 44.6 Å². The van der Waals surface area contributed by atoms with Gasteiger partial charge in [-0.05, 0) is 43.0 Å². The van der Waals surface area contributed by atoms with Crippen molar-refractivity contribution in [1.82, 2.24) is 4.90 Å². The summed E-state index contributed by atoms with van der Waals surface area (Å²) in [4.78, 5) is 14.3. The van der Waals surface area contributed by atoms with Crippen molar-refractivity contribution in [3.63, 3.8) is 0 Å². The van der Waals surface area contributed by atoms with Crippen LogP contribution in [-0.2, 0) is 4.79 Å². The molecule has 0 bridgehead atoms. The number of carbonyl (C=O) groups excluding carboxylic acids is 1. The van der Waals surface area contributed by atoms with Gasteiger partial charge < -0.3 is 10.4 Å². The molecule has 1 heterocycles. The zero-order chi connectivity index (χ0) is 15.2. The van der Waals surface area contributed by atoms with Crippen molar-refractivity contribution in [1.29, 1.82) is 0 Å². The Morgan fingerprint density at radius 1 is 1.43 bits per heavy atom. The number of amides is 1. The molecule has 1 fully saturated rings. The zero-order valence-electron chi connectivity index (χ0n) is 13.0. The smallest absolute Gasteiger partial charge is 0.238 e. The Morgan fingerprint density at radius 2 is 2.24 bits per heavy atom. The lowest BCUT2D eigenvalue weighted by molar-refractivity contribution is -0.118. The van der Waals surface area contributed by atoms with E-state index in [0.717, 1.165) is 31.5 Å². The van der Waals surface area contributed by atoms with Gasteiger partial charge in [0, 0.05) is 11.7 Å². The SMILES string of the molecule is CC(C)c1cccc(NC(=O)CN2CCCCC2CO)c1. The van der Waals surface area contributed by atoms with Crippen LogP contribution >= 0.6 is 0 Å². The Labute approximate surface area is 127 Å². The Kier molecular flexibility index (Phi) is 5.76. The summed E-state index contributed by atoms with van der Waals surface area (Å²) in [5, 5.41) is 12.4. The van der Waals surface area contributed by atoms with Crippen molar-refractivity contribution in [2.45, 2.75) is 45.1 Å². The number of piperidine rings is 1. The summed E-state index contributed by atoms with van der Waals surface area (Å²) in [7, 11) is 0. The monoisotopic (exact) mass is 290 g/mol. The van der Waals surface area contributed by atoms with Gasteiger partial charge >= 0.3 is 0 Å². The molecule has 21 heavy (non-hydrogen) atoms. The molecular formula is C17H26N2O2. The van der Waals surface area contributed by atoms with Gasteiger partial charge in [-0.15, -0.1) is 0 Å². The number of carbonyl (C=O) groups is 1. The van der Waals surface area contributed by atoms with Gasteiger partial charge in [0.05, 0.1) is 13.2 Å². The quantitative estimate of drug-likeness (QED) is 0.876. The molecule has 1 aromatic rings. The van der Waals surface area contributed by atoms with Crippen LogP contribution in [0, 0.1) is 0 Å². The lowest BCUT2D eigenvalue weighted by atomic mass is 10.0. The molecule has 2 N–H and O–H groups in total. The Hall–Kier alpha value is -1.39. The van der Waals surface area contributed by atoms with Gasteiger partial charge in [-0.25, -0.2) is 0 Å². The second-order valence-corrected chi connectivity index (χ2v) is 6.13. The highest BCUT2D eigenvalue weighted by Gasteiger charge is 2.23. The molecule has 1 saturated heterocycles. The number of anilines is 1. The van der Waals surface area contributed by atoms with Crippen LogP contribution in [0.25, 0.3) is 0 Å². The molecule has 0 aromatic heterocycles. The molecule has 1 aliphatic heterocycles. The molecule has 1 aliphatic rings. The number of likely N-dealkylation sites (tertiary alicyclic amines) is 1. The van der Waals surface area contributed by atoms with Crippen LogP contribution < -0.4 is 5.32 Å². The van der Waals surface area contributed by atoms with Crippen molar-refractivity contribution in [2.75, 3.05) is 25.0 Å². The number of aliphatic hydroxyl groups excluding tert-OH is 1. The Morgan fingerprint density at radius 3 is 2.95 bits per heavy atom. The number of aliphatic hydroxyl groups is 1. The summed E-state index contributed by atoms with van der Waals surface area (Å²) in [5.74, 6) is 0.443. The number of nitrogens with one attached hydrogen (secondary N) is 1. The maximum Gasteiger partial charge on any atom is 0.238 e. The second kappa shape index (κ2) is 7.57. The molecule has 1 amide bonds. The normalized spacial score (nSPS) is 19.7. The molecule has 0 aliphatic carbocycles. The number of hydrogen-bond donors (Lipinski definition) is 2. The topological polar surface area (TPSA) is 52.6 Å². The third kappa shape index (κ3) is 4.55. The first-order chi connectivity index (χ1) is 10.1. The van der Waals surface area contributed by atoms with Crippen LogP contribution in [-0.4, -0.2) is 41.7 Å². The van der Waals surface area contributed by atoms with Crippen LogP contribution in [0.15, 0.2) is 24.3 Å². The molecule has 2 rings (SSSR count). The van der Waals surface area contributed by atoms with Gasteiger partial charge in [0.15, 0.2) is 0 Å². The van der Waals surface area contributed by atoms with Gasteiger partial charge in [0.25, 0.3) is 0 Å². The van der Waals surface area contributed by atoms with Gasteiger partial charge in [-0.3, -0.25) is 9.69 Å². The third-order valence-corrected chi connectivity index (χ3v) is 4.14. The van der Waals surface area contributed by atoms with Crippen molar-refractivity contribution in [3.05, 3.63) is 29.8 Å². The summed E-state index contributed by atoms with van der Waals surface area (Å²) in [6.07, 6.45) is 3.22. The van der Waals surface area contributed by atoms with Crippen LogP contribution in [0.3, 0.4) is 0 Å². The minimum atomic E-state index is -0.00347. The van der Waals surface area contributed by atoms with Gasteiger partial charge in [-0.1, -0.05) is 32.4 Å². The van der Waals surface area contributed by atoms with Crippen molar-refractivity contribution in [2.24, 2.45) is 0 Å². The van der Waals surface area contributed by atoms with Gasteiger partial charge in [-0.2, -0.15) is 0 Å². The largest absolute Gasteiger partial charge is 0.395 e. The summed E-state index contributed by atoms with van der Waals surface area (Å²) < 4.78 is 0. The van der Waals surface area contributed by atoms with Crippen LogP contribution in [0.5, 0.6) is 0 Å². The number of hydrogen-bond acceptors (Lipinski definition) is 3. The second-order valence-electron chi connectivity index (χ2n) is 6.13. The first-order valence-electron chi connectivity index (χ1n) is 7.85. The highest BCUT2D eigenvalue weighted by molar-refractivity contribution is 5.92. The minimum Gasteiger partial charge on any atom is -0.395 e. The lowest BCUT2D eigenvalue weighted by Crippen LogP contribution is -2.45. The predicted octanol–water partition coefficient (Wildman–Crippen LogP) is 2.60. The highest BCUT2D eigenvalue weighted by Crippen LogP contribution is 2.19. The fraction of sp³-hybridized carbons (Fsp3) is 0.588. The van der Waals surface area contributed by atoms with E-state index < -0.39 is 0 Å². The standard InChI is InChI=1S/C17H26N2O2/c1-13(2)14-6-5-7-15(10-14)18-17(21)11-19-9-4-3-8-16(19)12-20/h5-7,10,13,16,20H,3-4,8-9,11-12H2,1-2H3,(H,18,21). The third-order valence-electron chi connectivity index (χ3n) is 4.14. The van der Waals surface area contributed by atoms with E-state index in [0.29, 0.717) is 12.5 Å². The molecule has 4 nitrogen and oxygen atoms in total. The first kappa shape index (κ1) is 16.0. The molecule has 0 spiro atoms. The molecule has 1 unspecified atom stereocenters. The van der Waals surface area contributed by atoms with E-state index in [2.05, 4.69) is 30.1 Å². The average Bonchev–Trinajstić information content (AvgIpc) is 2.48. The van der Waals surface area contributed by atoms with Gasteiger partial charge in [0.2, 0.25) is 5.91 Å². The van der Waals surface area contributed by atoms with E-state index in [1.165, 1.54) is 5.56 Å². The van der Waals surface area contributed by atoms with Gasteiger partial charge in [0.1, 0.15) is 0 Å². The molecular weight excluding hydrogens is 264 g/mol. The summed E-state index contributed by atoms with van der Waals surface area (Å²) in [6.45, 7) is 5.67. The molecule has 1 aromatic carbocycles. The summed E-state index contributed by atoms with van der Waals surface area (Å²) >= 11 is 0. The molecule has 4 heteroatoms. The fourth-order valence-corrected chi connectivity index (χ4v) is 2.84. The molecule has 116 valence electrons. The number of rotatable bonds is 5. The first-order valence-corrected chi connectivity index (χ1v) is 7.85. The number of benzene rings is 1. The molecule has 0 radical (unpaired) electrons. The van der Waals surface area contributed by atoms with Crippen molar-refractivity contribution in [3.8, 4) is 0 Å². The van der Waals surface area contributed by atoms with E-state index in [1.54, 1.807) is 0 Å². The Balaban J connectivity index is 1.93.